The van der Waals surface area contributed by atoms with E-state index in [1.54, 1.807) is 6.33 Å². The van der Waals surface area contributed by atoms with E-state index in [2.05, 4.69) is 47.9 Å². The zero-order valence-corrected chi connectivity index (χ0v) is 9.31. The summed E-state index contributed by atoms with van der Waals surface area (Å²) in [6.45, 7) is 0. The predicted octanol–water partition coefficient (Wildman–Crippen LogP) is 3.22. The summed E-state index contributed by atoms with van der Waals surface area (Å²) in [4.78, 5) is 7.22. The highest BCUT2D eigenvalue weighted by molar-refractivity contribution is 9.10. The summed E-state index contributed by atoms with van der Waals surface area (Å²) in [6.07, 6.45) is 1.70. The molecule has 0 amide bonds. The largest absolute Gasteiger partial charge is 0.345 e. The van der Waals surface area contributed by atoms with E-state index in [-0.39, 0.29) is 0 Å². The lowest BCUT2D eigenvalue weighted by Crippen LogP contribution is -1.80. The minimum absolute atomic E-state index is 0.850. The molecular formula is C8H6Br2N2. The van der Waals surface area contributed by atoms with Gasteiger partial charge in [-0.3, -0.25) is 0 Å². The summed E-state index contributed by atoms with van der Waals surface area (Å²) in [7, 11) is 0. The van der Waals surface area contributed by atoms with Crippen molar-refractivity contribution in [2.45, 2.75) is 5.33 Å². The van der Waals surface area contributed by atoms with E-state index in [1.807, 2.05) is 6.07 Å². The number of hydrogen-bond donors (Lipinski definition) is 1. The van der Waals surface area contributed by atoms with E-state index >= 15 is 0 Å². The first-order valence-corrected chi connectivity index (χ1v) is 5.40. The Morgan fingerprint density at radius 3 is 3.00 bits per heavy atom. The van der Waals surface area contributed by atoms with Crippen LogP contribution >= 0.6 is 31.9 Å². The molecule has 0 aliphatic heterocycles. The highest BCUT2D eigenvalue weighted by Crippen LogP contribution is 2.23. The first kappa shape index (κ1) is 8.26. The van der Waals surface area contributed by atoms with Crippen LogP contribution in [0.1, 0.15) is 5.56 Å². The number of halogens is 2. The molecule has 2 rings (SSSR count). The van der Waals surface area contributed by atoms with Gasteiger partial charge in [-0.05, 0) is 17.7 Å². The van der Waals surface area contributed by atoms with Crippen LogP contribution in [-0.2, 0) is 5.33 Å². The molecule has 12 heavy (non-hydrogen) atoms. The molecule has 0 atom stereocenters. The summed E-state index contributed by atoms with van der Waals surface area (Å²) in [5.41, 5.74) is 3.30. The molecule has 0 bridgehead atoms. The lowest BCUT2D eigenvalue weighted by molar-refractivity contribution is 1.34. The lowest BCUT2D eigenvalue weighted by Gasteiger charge is -1.98. The predicted molar refractivity (Wildman–Crippen MR) is 56.4 cm³/mol. The van der Waals surface area contributed by atoms with Gasteiger partial charge in [0, 0.05) is 9.80 Å². The van der Waals surface area contributed by atoms with Gasteiger partial charge in [0.2, 0.25) is 0 Å². The van der Waals surface area contributed by atoms with Crippen LogP contribution in [0, 0.1) is 0 Å². The van der Waals surface area contributed by atoms with Crippen molar-refractivity contribution >= 4 is 42.9 Å². The second kappa shape index (κ2) is 3.18. The van der Waals surface area contributed by atoms with E-state index in [0.717, 1.165) is 20.8 Å². The molecule has 2 nitrogen and oxygen atoms in total. The molecule has 0 aliphatic rings. The fourth-order valence-corrected chi connectivity index (χ4v) is 2.42. The fourth-order valence-electron chi connectivity index (χ4n) is 1.10. The van der Waals surface area contributed by atoms with E-state index in [1.165, 1.54) is 5.56 Å². The SMILES string of the molecule is BrCc1cc2[nH]cnc2cc1Br. The summed E-state index contributed by atoms with van der Waals surface area (Å²) in [5.74, 6) is 0. The number of nitrogens with zero attached hydrogens (tertiary/aromatic N) is 1. The molecule has 0 aliphatic carbocycles. The first-order valence-electron chi connectivity index (χ1n) is 3.48. The third-order valence-corrected chi connectivity index (χ3v) is 3.07. The van der Waals surface area contributed by atoms with Crippen LogP contribution in [0.3, 0.4) is 0 Å². The van der Waals surface area contributed by atoms with Crippen LogP contribution < -0.4 is 0 Å². The molecule has 1 aromatic heterocycles. The molecule has 1 aromatic carbocycles. The zero-order chi connectivity index (χ0) is 8.55. The van der Waals surface area contributed by atoms with Crippen LogP contribution in [0.4, 0.5) is 0 Å². The topological polar surface area (TPSA) is 28.7 Å². The highest BCUT2D eigenvalue weighted by atomic mass is 79.9. The smallest absolute Gasteiger partial charge is 0.0931 e. The molecule has 0 radical (unpaired) electrons. The molecule has 4 heteroatoms. The maximum Gasteiger partial charge on any atom is 0.0931 e. The van der Waals surface area contributed by atoms with Gasteiger partial charge in [0.15, 0.2) is 0 Å². The summed E-state index contributed by atoms with van der Waals surface area (Å²) in [5, 5.41) is 0.850. The minimum Gasteiger partial charge on any atom is -0.345 e. The quantitative estimate of drug-likeness (QED) is 0.803. The minimum atomic E-state index is 0.850. The van der Waals surface area contributed by atoms with Crippen LogP contribution in [0.2, 0.25) is 0 Å². The maximum atomic E-state index is 4.15. The number of benzene rings is 1. The molecule has 0 spiro atoms. The van der Waals surface area contributed by atoms with Crippen molar-refractivity contribution in [2.75, 3.05) is 0 Å². The normalized spacial score (nSPS) is 10.8. The van der Waals surface area contributed by atoms with Gasteiger partial charge in [-0.15, -0.1) is 0 Å². The number of H-pyrrole nitrogens is 1. The lowest BCUT2D eigenvalue weighted by atomic mass is 10.2. The van der Waals surface area contributed by atoms with Crippen LogP contribution in [-0.4, -0.2) is 9.97 Å². The number of imidazole rings is 1. The number of nitrogens with one attached hydrogen (secondary N) is 1. The van der Waals surface area contributed by atoms with Crippen molar-refractivity contribution in [2.24, 2.45) is 0 Å². The second-order valence-corrected chi connectivity index (χ2v) is 3.91. The molecule has 2 aromatic rings. The molecule has 0 saturated heterocycles. The Labute approximate surface area is 86.6 Å². The van der Waals surface area contributed by atoms with E-state index in [4.69, 9.17) is 0 Å². The number of fused-ring (bicyclic) bond motifs is 1. The molecule has 0 fully saturated rings. The van der Waals surface area contributed by atoms with Crippen LogP contribution in [0.25, 0.3) is 11.0 Å². The Balaban J connectivity index is 2.73. The van der Waals surface area contributed by atoms with Crippen molar-refractivity contribution in [3.8, 4) is 0 Å². The van der Waals surface area contributed by atoms with Gasteiger partial charge in [0.05, 0.1) is 17.4 Å². The van der Waals surface area contributed by atoms with Gasteiger partial charge < -0.3 is 4.98 Å². The average molecular weight is 290 g/mol. The van der Waals surface area contributed by atoms with Gasteiger partial charge in [0.1, 0.15) is 0 Å². The molecule has 1 heterocycles. The zero-order valence-electron chi connectivity index (χ0n) is 6.14. The van der Waals surface area contributed by atoms with Crippen molar-refractivity contribution in [3.05, 3.63) is 28.5 Å². The van der Waals surface area contributed by atoms with Gasteiger partial charge in [0.25, 0.3) is 0 Å². The number of aromatic nitrogens is 2. The van der Waals surface area contributed by atoms with Crippen molar-refractivity contribution in [1.29, 1.82) is 0 Å². The number of alkyl halides is 1. The third-order valence-electron chi connectivity index (χ3n) is 1.73. The molecular weight excluding hydrogens is 284 g/mol. The van der Waals surface area contributed by atoms with Crippen LogP contribution in [0.5, 0.6) is 0 Å². The molecule has 0 unspecified atom stereocenters. The van der Waals surface area contributed by atoms with Crippen LogP contribution in [0.15, 0.2) is 22.9 Å². The average Bonchev–Trinajstić information content (AvgIpc) is 2.49. The standard InChI is InChI=1S/C8H6Br2N2/c9-3-5-1-7-8(2-6(5)10)12-4-11-7/h1-2,4H,3H2,(H,11,12). The Morgan fingerprint density at radius 1 is 1.42 bits per heavy atom. The van der Waals surface area contributed by atoms with Gasteiger partial charge in [-0.1, -0.05) is 31.9 Å². The van der Waals surface area contributed by atoms with E-state index in [9.17, 15) is 0 Å². The molecule has 62 valence electrons. The summed E-state index contributed by atoms with van der Waals surface area (Å²) < 4.78 is 1.10. The van der Waals surface area contributed by atoms with Crippen molar-refractivity contribution < 1.29 is 0 Å². The molecule has 1 N–H and O–H groups in total. The number of hydrogen-bond acceptors (Lipinski definition) is 1. The van der Waals surface area contributed by atoms with Gasteiger partial charge in [-0.2, -0.15) is 0 Å². The summed E-state index contributed by atoms with van der Waals surface area (Å²) in [6, 6.07) is 4.10. The number of aromatic amines is 1. The monoisotopic (exact) mass is 288 g/mol. The Hall–Kier alpha value is -0.350. The number of rotatable bonds is 1. The third kappa shape index (κ3) is 1.29. The van der Waals surface area contributed by atoms with Crippen molar-refractivity contribution in [1.82, 2.24) is 9.97 Å². The fraction of sp³-hybridized carbons (Fsp3) is 0.125. The highest BCUT2D eigenvalue weighted by Gasteiger charge is 2.02. The van der Waals surface area contributed by atoms with E-state index in [0.29, 0.717) is 0 Å². The van der Waals surface area contributed by atoms with Crippen molar-refractivity contribution in [3.63, 3.8) is 0 Å². The van der Waals surface area contributed by atoms with E-state index < -0.39 is 0 Å². The second-order valence-electron chi connectivity index (χ2n) is 2.50. The molecule has 0 saturated carbocycles. The summed E-state index contributed by atoms with van der Waals surface area (Å²) >= 11 is 6.90. The Morgan fingerprint density at radius 2 is 2.25 bits per heavy atom. The van der Waals surface area contributed by atoms with Gasteiger partial charge >= 0.3 is 0 Å². The first-order chi connectivity index (χ1) is 5.81. The van der Waals surface area contributed by atoms with Gasteiger partial charge in [-0.25, -0.2) is 4.98 Å². The maximum absolute atomic E-state index is 4.15. The Bertz CT molecular complexity index is 408. The Kier molecular flexibility index (Phi) is 2.19.